The van der Waals surface area contributed by atoms with E-state index in [1.54, 1.807) is 6.07 Å². The third-order valence-corrected chi connectivity index (χ3v) is 2.51. The van der Waals surface area contributed by atoms with Crippen LogP contribution in [-0.2, 0) is 9.84 Å². The van der Waals surface area contributed by atoms with Gasteiger partial charge in [-0.2, -0.15) is 4.98 Å². The zero-order valence-corrected chi connectivity index (χ0v) is 9.08. The van der Waals surface area contributed by atoms with E-state index in [0.717, 1.165) is 0 Å². The summed E-state index contributed by atoms with van der Waals surface area (Å²) in [6.45, 7) is 0.305. The van der Waals surface area contributed by atoms with Gasteiger partial charge in [0.2, 0.25) is 5.95 Å². The first-order valence-corrected chi connectivity index (χ1v) is 6.28. The number of anilines is 2. The zero-order chi connectivity index (χ0) is 11.3. The first-order valence-electron chi connectivity index (χ1n) is 4.22. The molecule has 0 aromatic carbocycles. The van der Waals surface area contributed by atoms with Gasteiger partial charge in [0, 0.05) is 19.0 Å². The fourth-order valence-electron chi connectivity index (χ4n) is 0.891. The summed E-state index contributed by atoms with van der Waals surface area (Å²) in [6.07, 6.45) is 2.70. The molecule has 1 rings (SSSR count). The lowest BCUT2D eigenvalue weighted by Crippen LogP contribution is -2.16. The van der Waals surface area contributed by atoms with Gasteiger partial charge in [0.25, 0.3) is 0 Å². The van der Waals surface area contributed by atoms with Gasteiger partial charge in [-0.15, -0.1) is 0 Å². The van der Waals surface area contributed by atoms with E-state index in [-0.39, 0.29) is 11.7 Å². The maximum Gasteiger partial charge on any atom is 0.239 e. The van der Waals surface area contributed by atoms with E-state index in [1.807, 2.05) is 0 Å². The summed E-state index contributed by atoms with van der Waals surface area (Å²) in [5, 5.41) is 2.85. The van der Waals surface area contributed by atoms with Gasteiger partial charge in [0.05, 0.1) is 5.75 Å². The van der Waals surface area contributed by atoms with Crippen molar-refractivity contribution < 1.29 is 8.42 Å². The number of hydrazine groups is 1. The normalized spacial score (nSPS) is 11.1. The van der Waals surface area contributed by atoms with Gasteiger partial charge >= 0.3 is 0 Å². The number of hydrogen-bond acceptors (Lipinski definition) is 7. The molecule has 0 amide bonds. The molecule has 84 valence electrons. The molecular formula is C7H13N5O2S. The average molecular weight is 231 g/mol. The van der Waals surface area contributed by atoms with Crippen molar-refractivity contribution in [2.24, 2.45) is 5.84 Å². The minimum Gasteiger partial charge on any atom is -0.369 e. The molecule has 0 saturated carbocycles. The SMILES string of the molecule is CS(=O)(=O)CCNc1ccnc(NN)n1. The topological polar surface area (TPSA) is 110 Å². The Balaban J connectivity index is 2.51. The van der Waals surface area contributed by atoms with Crippen LogP contribution in [0.15, 0.2) is 12.3 Å². The Morgan fingerprint density at radius 1 is 1.53 bits per heavy atom. The molecule has 0 aliphatic rings. The molecule has 0 fully saturated rings. The van der Waals surface area contributed by atoms with Crippen LogP contribution in [0.5, 0.6) is 0 Å². The van der Waals surface area contributed by atoms with E-state index in [2.05, 4.69) is 20.7 Å². The molecule has 0 atom stereocenters. The fourth-order valence-corrected chi connectivity index (χ4v) is 1.36. The van der Waals surface area contributed by atoms with E-state index < -0.39 is 9.84 Å². The quantitative estimate of drug-likeness (QED) is 0.450. The smallest absolute Gasteiger partial charge is 0.239 e. The predicted molar refractivity (Wildman–Crippen MR) is 58.0 cm³/mol. The van der Waals surface area contributed by atoms with E-state index in [0.29, 0.717) is 12.4 Å². The van der Waals surface area contributed by atoms with E-state index in [9.17, 15) is 8.42 Å². The molecule has 0 unspecified atom stereocenters. The van der Waals surface area contributed by atoms with Crippen molar-refractivity contribution in [3.05, 3.63) is 12.3 Å². The number of nitrogens with zero attached hydrogens (tertiary/aromatic N) is 2. The zero-order valence-electron chi connectivity index (χ0n) is 8.27. The molecule has 1 heterocycles. The Bertz CT molecular complexity index is 419. The van der Waals surface area contributed by atoms with Crippen LogP contribution in [0, 0.1) is 0 Å². The van der Waals surface area contributed by atoms with Gasteiger partial charge < -0.3 is 5.32 Å². The molecule has 0 spiro atoms. The van der Waals surface area contributed by atoms with Crippen LogP contribution in [0.2, 0.25) is 0 Å². The monoisotopic (exact) mass is 231 g/mol. The Hall–Kier alpha value is -1.41. The summed E-state index contributed by atoms with van der Waals surface area (Å²) in [4.78, 5) is 7.77. The molecule has 4 N–H and O–H groups in total. The Kier molecular flexibility index (Phi) is 3.81. The van der Waals surface area contributed by atoms with Gasteiger partial charge in [0.1, 0.15) is 15.7 Å². The van der Waals surface area contributed by atoms with E-state index in [4.69, 9.17) is 5.84 Å². The molecule has 0 bridgehead atoms. The van der Waals surface area contributed by atoms with Crippen molar-refractivity contribution in [3.8, 4) is 0 Å². The molecule has 0 aliphatic carbocycles. The summed E-state index contributed by atoms with van der Waals surface area (Å²) in [5.41, 5.74) is 2.29. The Morgan fingerprint density at radius 3 is 2.87 bits per heavy atom. The second kappa shape index (κ2) is 4.89. The van der Waals surface area contributed by atoms with E-state index >= 15 is 0 Å². The van der Waals surface area contributed by atoms with Gasteiger partial charge in [-0.1, -0.05) is 0 Å². The summed E-state index contributed by atoms with van der Waals surface area (Å²) < 4.78 is 21.7. The summed E-state index contributed by atoms with van der Waals surface area (Å²) in [7, 11) is -2.96. The molecular weight excluding hydrogens is 218 g/mol. The van der Waals surface area contributed by atoms with Crippen molar-refractivity contribution >= 4 is 21.6 Å². The fraction of sp³-hybridized carbons (Fsp3) is 0.429. The maximum absolute atomic E-state index is 10.8. The molecule has 1 aromatic rings. The van der Waals surface area contributed by atoms with Crippen LogP contribution in [0.4, 0.5) is 11.8 Å². The van der Waals surface area contributed by atoms with Crippen molar-refractivity contribution in [2.45, 2.75) is 0 Å². The van der Waals surface area contributed by atoms with Gasteiger partial charge in [-0.3, -0.25) is 5.43 Å². The average Bonchev–Trinajstić information content (AvgIpc) is 2.16. The molecule has 0 saturated heterocycles. The minimum absolute atomic E-state index is 0.0579. The molecule has 0 radical (unpaired) electrons. The highest BCUT2D eigenvalue weighted by Gasteiger charge is 2.02. The summed E-state index contributed by atoms with van der Waals surface area (Å²) in [5.74, 6) is 5.98. The number of hydrogen-bond donors (Lipinski definition) is 3. The molecule has 1 aromatic heterocycles. The minimum atomic E-state index is -2.96. The molecule has 8 heteroatoms. The molecule has 0 aliphatic heterocycles. The highest BCUT2D eigenvalue weighted by molar-refractivity contribution is 7.90. The molecule has 7 nitrogen and oxygen atoms in total. The van der Waals surface area contributed by atoms with Crippen molar-refractivity contribution in [2.75, 3.05) is 29.3 Å². The van der Waals surface area contributed by atoms with Crippen LogP contribution in [0.1, 0.15) is 0 Å². The number of sulfone groups is 1. The van der Waals surface area contributed by atoms with Crippen molar-refractivity contribution in [1.29, 1.82) is 0 Å². The largest absolute Gasteiger partial charge is 0.369 e. The summed E-state index contributed by atoms with van der Waals surface area (Å²) in [6, 6.07) is 1.63. The first-order chi connectivity index (χ1) is 7.01. The standard InChI is InChI=1S/C7H13N5O2S/c1-15(13,14)5-4-9-6-2-3-10-7(11-6)12-8/h2-3H,4-5,8H2,1H3,(H2,9,10,11,12). The van der Waals surface area contributed by atoms with Crippen molar-refractivity contribution in [3.63, 3.8) is 0 Å². The number of nitrogen functional groups attached to an aromatic ring is 1. The number of aromatic nitrogens is 2. The second-order valence-electron chi connectivity index (χ2n) is 2.97. The lowest BCUT2D eigenvalue weighted by molar-refractivity contribution is 0.602. The summed E-state index contributed by atoms with van der Waals surface area (Å²) >= 11 is 0. The lowest BCUT2D eigenvalue weighted by Gasteiger charge is -2.05. The predicted octanol–water partition coefficient (Wildman–Crippen LogP) is -0.781. The maximum atomic E-state index is 10.8. The van der Waals surface area contributed by atoms with E-state index in [1.165, 1.54) is 12.5 Å². The van der Waals surface area contributed by atoms with Gasteiger partial charge in [0.15, 0.2) is 0 Å². The second-order valence-corrected chi connectivity index (χ2v) is 5.23. The van der Waals surface area contributed by atoms with Crippen LogP contribution >= 0.6 is 0 Å². The first kappa shape index (κ1) is 11.7. The Labute approximate surface area is 88.0 Å². The van der Waals surface area contributed by atoms with Crippen LogP contribution < -0.4 is 16.6 Å². The van der Waals surface area contributed by atoms with Crippen LogP contribution in [-0.4, -0.2) is 36.9 Å². The lowest BCUT2D eigenvalue weighted by atomic mass is 10.5. The third-order valence-electron chi connectivity index (χ3n) is 1.56. The van der Waals surface area contributed by atoms with Crippen LogP contribution in [0.25, 0.3) is 0 Å². The van der Waals surface area contributed by atoms with Gasteiger partial charge in [-0.05, 0) is 6.07 Å². The van der Waals surface area contributed by atoms with Crippen LogP contribution in [0.3, 0.4) is 0 Å². The molecule has 15 heavy (non-hydrogen) atoms. The number of nitrogens with two attached hydrogens (primary N) is 1. The highest BCUT2D eigenvalue weighted by Crippen LogP contribution is 2.03. The number of nitrogens with one attached hydrogen (secondary N) is 2. The highest BCUT2D eigenvalue weighted by atomic mass is 32.2. The number of rotatable bonds is 5. The Morgan fingerprint density at radius 2 is 2.27 bits per heavy atom. The van der Waals surface area contributed by atoms with Crippen molar-refractivity contribution in [1.82, 2.24) is 9.97 Å². The van der Waals surface area contributed by atoms with Gasteiger partial charge in [-0.25, -0.2) is 19.2 Å². The third kappa shape index (κ3) is 4.56.